The number of fused-ring (bicyclic) bond motifs is 3. The van der Waals surface area contributed by atoms with E-state index in [0.29, 0.717) is 0 Å². The molecule has 0 aliphatic carbocycles. The smallest absolute Gasteiger partial charge is 0.0793 e. The van der Waals surface area contributed by atoms with Gasteiger partial charge in [0.1, 0.15) is 0 Å². The third-order valence-electron chi connectivity index (χ3n) is 6.72. The van der Waals surface area contributed by atoms with E-state index in [1.807, 2.05) is 0 Å². The SMILES string of the molecule is c1ccc2c(c1)c1ccc3ccc4ccc5ccc6cnc2c2c6c5c4c3c12. The lowest BCUT2D eigenvalue weighted by Gasteiger charge is -2.21. The van der Waals surface area contributed by atoms with Gasteiger partial charge in [0.25, 0.3) is 0 Å². The van der Waals surface area contributed by atoms with E-state index in [0.717, 1.165) is 5.52 Å². The van der Waals surface area contributed by atoms with Crippen molar-refractivity contribution in [1.29, 1.82) is 0 Å². The molecule has 7 aromatic carbocycles. The molecule has 0 N–H and O–H groups in total. The van der Waals surface area contributed by atoms with Crippen molar-refractivity contribution < 1.29 is 0 Å². The molecule has 0 aliphatic rings. The van der Waals surface area contributed by atoms with Crippen molar-refractivity contribution in [2.24, 2.45) is 0 Å². The van der Waals surface area contributed by atoms with Gasteiger partial charge in [-0.15, -0.1) is 0 Å². The molecule has 28 heavy (non-hydrogen) atoms. The summed E-state index contributed by atoms with van der Waals surface area (Å²) < 4.78 is 0. The molecule has 0 saturated carbocycles. The minimum atomic E-state index is 1.13. The van der Waals surface area contributed by atoms with Crippen LogP contribution in [0, 0.1) is 0 Å². The van der Waals surface area contributed by atoms with Crippen molar-refractivity contribution >= 4 is 75.5 Å². The molecule has 0 atom stereocenters. The van der Waals surface area contributed by atoms with Gasteiger partial charge in [0.15, 0.2) is 0 Å². The molecule has 8 rings (SSSR count). The summed E-state index contributed by atoms with van der Waals surface area (Å²) in [6, 6.07) is 26.9. The van der Waals surface area contributed by atoms with Crippen LogP contribution in [-0.4, -0.2) is 4.98 Å². The van der Waals surface area contributed by atoms with Gasteiger partial charge in [-0.3, -0.25) is 4.98 Å². The van der Waals surface area contributed by atoms with Gasteiger partial charge in [0, 0.05) is 33.1 Å². The highest BCUT2D eigenvalue weighted by Gasteiger charge is 2.22. The first-order valence-electron chi connectivity index (χ1n) is 9.74. The lowest BCUT2D eigenvalue weighted by molar-refractivity contribution is 1.47. The number of hydrogen-bond acceptors (Lipinski definition) is 1. The van der Waals surface area contributed by atoms with Crippen LogP contribution >= 0.6 is 0 Å². The van der Waals surface area contributed by atoms with Crippen molar-refractivity contribution in [1.82, 2.24) is 4.98 Å². The Morgan fingerprint density at radius 2 is 0.929 bits per heavy atom. The number of nitrogens with zero attached hydrogens (tertiary/aromatic N) is 1. The van der Waals surface area contributed by atoms with E-state index in [9.17, 15) is 0 Å². The predicted molar refractivity (Wildman–Crippen MR) is 120 cm³/mol. The van der Waals surface area contributed by atoms with E-state index >= 15 is 0 Å². The van der Waals surface area contributed by atoms with Gasteiger partial charge >= 0.3 is 0 Å². The second-order valence-corrected chi connectivity index (χ2v) is 7.97. The van der Waals surface area contributed by atoms with E-state index in [1.54, 1.807) is 0 Å². The molecule has 0 bridgehead atoms. The molecule has 0 unspecified atom stereocenters. The number of rotatable bonds is 0. The Kier molecular flexibility index (Phi) is 2.03. The third kappa shape index (κ3) is 1.30. The van der Waals surface area contributed by atoms with Crippen LogP contribution in [0.4, 0.5) is 0 Å². The first-order chi connectivity index (χ1) is 13.9. The van der Waals surface area contributed by atoms with E-state index in [4.69, 9.17) is 4.98 Å². The van der Waals surface area contributed by atoms with Crippen LogP contribution in [0.15, 0.2) is 79.0 Å². The van der Waals surface area contributed by atoms with Gasteiger partial charge in [0.2, 0.25) is 0 Å². The molecule has 8 aromatic rings. The molecule has 0 aliphatic heterocycles. The van der Waals surface area contributed by atoms with Gasteiger partial charge in [-0.1, -0.05) is 72.8 Å². The van der Waals surface area contributed by atoms with E-state index in [-0.39, 0.29) is 0 Å². The standard InChI is InChI=1S/C27H13N/c1-2-4-20-18(3-1)19-12-11-16-8-7-14-5-6-15-9-10-17-13-28-27(20)26-24(17)22(15)21(14)23(16)25(19)26/h1-13H. The fourth-order valence-corrected chi connectivity index (χ4v) is 5.62. The van der Waals surface area contributed by atoms with Crippen LogP contribution < -0.4 is 0 Å². The maximum absolute atomic E-state index is 4.97. The summed E-state index contributed by atoms with van der Waals surface area (Å²) >= 11 is 0. The Morgan fingerprint density at radius 1 is 0.393 bits per heavy atom. The average molecular weight is 351 g/mol. The minimum absolute atomic E-state index is 1.13. The van der Waals surface area contributed by atoms with Crippen LogP contribution in [0.2, 0.25) is 0 Å². The molecule has 1 heterocycles. The van der Waals surface area contributed by atoms with Crippen molar-refractivity contribution in [3.63, 3.8) is 0 Å². The van der Waals surface area contributed by atoms with Crippen LogP contribution in [0.5, 0.6) is 0 Å². The molecular weight excluding hydrogens is 338 g/mol. The Morgan fingerprint density at radius 3 is 1.64 bits per heavy atom. The minimum Gasteiger partial charge on any atom is -0.255 e. The van der Waals surface area contributed by atoms with Gasteiger partial charge < -0.3 is 0 Å². The molecule has 0 saturated heterocycles. The molecular formula is C27H13N. The van der Waals surface area contributed by atoms with Crippen LogP contribution in [0.3, 0.4) is 0 Å². The average Bonchev–Trinajstić information content (AvgIpc) is 2.77. The van der Waals surface area contributed by atoms with Gasteiger partial charge in [-0.2, -0.15) is 0 Å². The van der Waals surface area contributed by atoms with Crippen molar-refractivity contribution in [2.75, 3.05) is 0 Å². The number of benzene rings is 7. The first kappa shape index (κ1) is 13.5. The van der Waals surface area contributed by atoms with Gasteiger partial charge in [-0.05, 0) is 43.1 Å². The summed E-state index contributed by atoms with van der Waals surface area (Å²) in [5, 5.41) is 17.3. The third-order valence-corrected chi connectivity index (χ3v) is 6.72. The zero-order valence-electron chi connectivity index (χ0n) is 15.0. The Hall–Kier alpha value is -3.71. The Bertz CT molecular complexity index is 1710. The maximum atomic E-state index is 4.97. The number of aromatic nitrogens is 1. The molecule has 1 heteroatoms. The molecule has 126 valence electrons. The molecule has 0 amide bonds. The maximum Gasteiger partial charge on any atom is 0.0793 e. The van der Waals surface area contributed by atoms with Gasteiger partial charge in [-0.25, -0.2) is 0 Å². The summed E-state index contributed by atoms with van der Waals surface area (Å²) in [6.07, 6.45) is 2.06. The highest BCUT2D eigenvalue weighted by molar-refractivity contribution is 6.47. The Balaban J connectivity index is 1.96. The van der Waals surface area contributed by atoms with Crippen molar-refractivity contribution in [2.45, 2.75) is 0 Å². The predicted octanol–water partition coefficient (Wildman–Crippen LogP) is 7.47. The molecule has 1 aromatic heterocycles. The highest BCUT2D eigenvalue weighted by Crippen LogP contribution is 2.49. The summed E-state index contributed by atoms with van der Waals surface area (Å²) in [5.41, 5.74) is 1.13. The van der Waals surface area contributed by atoms with Crippen LogP contribution in [0.25, 0.3) is 75.5 Å². The molecule has 0 radical (unpaired) electrons. The fourth-order valence-electron chi connectivity index (χ4n) is 5.62. The van der Waals surface area contributed by atoms with Crippen LogP contribution in [-0.2, 0) is 0 Å². The second-order valence-electron chi connectivity index (χ2n) is 7.97. The largest absolute Gasteiger partial charge is 0.255 e. The normalized spacial score (nSPS) is 13.0. The lowest BCUT2D eigenvalue weighted by atomic mass is 9.82. The zero-order chi connectivity index (χ0) is 18.0. The number of hydrogen-bond donors (Lipinski definition) is 0. The van der Waals surface area contributed by atoms with E-state index in [2.05, 4.69) is 79.0 Å². The van der Waals surface area contributed by atoms with Crippen molar-refractivity contribution in [3.8, 4) is 0 Å². The second kappa shape index (κ2) is 4.23. The van der Waals surface area contributed by atoms with Crippen molar-refractivity contribution in [3.05, 3.63) is 79.0 Å². The monoisotopic (exact) mass is 351 g/mol. The summed E-state index contributed by atoms with van der Waals surface area (Å²) in [7, 11) is 0. The highest BCUT2D eigenvalue weighted by atomic mass is 14.7. The quantitative estimate of drug-likeness (QED) is 0.204. The molecule has 0 fully saturated rings. The zero-order valence-corrected chi connectivity index (χ0v) is 15.0. The van der Waals surface area contributed by atoms with E-state index in [1.165, 1.54) is 70.0 Å². The first-order valence-corrected chi connectivity index (χ1v) is 9.74. The topological polar surface area (TPSA) is 12.9 Å². The summed E-state index contributed by atoms with van der Waals surface area (Å²) in [4.78, 5) is 4.97. The number of pyridine rings is 1. The molecule has 0 spiro atoms. The summed E-state index contributed by atoms with van der Waals surface area (Å²) in [6.45, 7) is 0. The molecule has 1 nitrogen and oxygen atoms in total. The van der Waals surface area contributed by atoms with Gasteiger partial charge in [0.05, 0.1) is 5.52 Å². The summed E-state index contributed by atoms with van der Waals surface area (Å²) in [5.74, 6) is 0. The van der Waals surface area contributed by atoms with Crippen LogP contribution in [0.1, 0.15) is 0 Å². The lowest BCUT2D eigenvalue weighted by Crippen LogP contribution is -1.94. The Labute approximate surface area is 159 Å². The van der Waals surface area contributed by atoms with E-state index < -0.39 is 0 Å². The fraction of sp³-hybridized carbons (Fsp3) is 0.